The summed E-state index contributed by atoms with van der Waals surface area (Å²) in [6.45, 7) is 3.44. The maximum atomic E-state index is 12.8. The topological polar surface area (TPSA) is 152 Å². The Labute approximate surface area is 354 Å². The Morgan fingerprint density at radius 2 is 0.914 bits per heavy atom. The van der Waals surface area contributed by atoms with E-state index in [1.165, 1.54) is 141 Å². The van der Waals surface area contributed by atoms with Crippen LogP contribution in [0.2, 0.25) is 0 Å². The van der Waals surface area contributed by atoms with E-state index in [-0.39, 0.29) is 32.0 Å². The van der Waals surface area contributed by atoms with E-state index in [1.54, 1.807) is 0 Å². The van der Waals surface area contributed by atoms with Gasteiger partial charge in [-0.3, -0.25) is 9.59 Å². The molecule has 0 aromatic rings. The molecule has 0 radical (unpaired) electrons. The fraction of sp³-hybridized carbons (Fsp3) is 0.917. The summed E-state index contributed by atoms with van der Waals surface area (Å²) in [6.07, 6.45) is 35.0. The highest BCUT2D eigenvalue weighted by Gasteiger charge is 2.44. The van der Waals surface area contributed by atoms with Gasteiger partial charge in [0.1, 0.15) is 31.0 Å². The third kappa shape index (κ3) is 30.5. The normalized spacial score (nSPS) is 20.1. The molecule has 1 saturated heterocycles. The second-order valence-corrected chi connectivity index (χ2v) is 16.9. The Bertz CT molecular complexity index is 959. The van der Waals surface area contributed by atoms with Gasteiger partial charge in [0.05, 0.1) is 13.2 Å². The number of carbonyl (C=O) groups excluding carboxylic acids is 2. The van der Waals surface area contributed by atoms with Crippen LogP contribution in [0.1, 0.15) is 226 Å². The molecule has 6 atom stereocenters. The molecule has 342 valence electrons. The zero-order valence-corrected chi connectivity index (χ0v) is 37.3. The lowest BCUT2D eigenvalue weighted by atomic mass is 9.99. The molecule has 0 saturated carbocycles. The minimum atomic E-state index is -1.59. The first kappa shape index (κ1) is 54.5. The summed E-state index contributed by atoms with van der Waals surface area (Å²) in [6, 6.07) is 0. The molecule has 1 fully saturated rings. The molecular formula is C48H90O10. The van der Waals surface area contributed by atoms with Gasteiger partial charge in [-0.1, -0.05) is 187 Å². The van der Waals surface area contributed by atoms with E-state index in [0.29, 0.717) is 12.8 Å². The van der Waals surface area contributed by atoms with Gasteiger partial charge in [0.25, 0.3) is 0 Å². The lowest BCUT2D eigenvalue weighted by Crippen LogP contribution is -2.59. The zero-order valence-electron chi connectivity index (χ0n) is 37.3. The fourth-order valence-electron chi connectivity index (χ4n) is 7.54. The summed E-state index contributed by atoms with van der Waals surface area (Å²) < 4.78 is 22.2. The molecule has 1 aliphatic heterocycles. The van der Waals surface area contributed by atoms with Crippen molar-refractivity contribution in [2.24, 2.45) is 0 Å². The largest absolute Gasteiger partial charge is 0.462 e. The van der Waals surface area contributed by atoms with E-state index in [2.05, 4.69) is 26.0 Å². The van der Waals surface area contributed by atoms with Crippen molar-refractivity contribution in [2.75, 3.05) is 19.8 Å². The molecule has 0 aromatic heterocycles. The van der Waals surface area contributed by atoms with Gasteiger partial charge in [0.2, 0.25) is 0 Å². The van der Waals surface area contributed by atoms with Crippen molar-refractivity contribution in [3.63, 3.8) is 0 Å². The molecule has 1 aliphatic rings. The summed E-state index contributed by atoms with van der Waals surface area (Å²) in [5, 5.41) is 40.1. The SMILES string of the molecule is CCCCCCCCCC/C=C/CCCCCC(=O)OC[C@H](CO[C@@H]1O[C@H](CO)[C@H](O)C(O)C1O)OC(=O)CCCCCCCCCCCCCCCCCCCC. The second-order valence-electron chi connectivity index (χ2n) is 16.9. The molecule has 0 bridgehead atoms. The van der Waals surface area contributed by atoms with Gasteiger partial charge in [-0.2, -0.15) is 0 Å². The van der Waals surface area contributed by atoms with Gasteiger partial charge >= 0.3 is 11.9 Å². The first-order valence-corrected chi connectivity index (χ1v) is 24.3. The molecule has 2 unspecified atom stereocenters. The molecule has 0 aromatic carbocycles. The van der Waals surface area contributed by atoms with E-state index >= 15 is 0 Å². The lowest BCUT2D eigenvalue weighted by molar-refractivity contribution is -0.305. The smallest absolute Gasteiger partial charge is 0.306 e. The van der Waals surface area contributed by atoms with Crippen LogP contribution in [0.4, 0.5) is 0 Å². The number of ether oxygens (including phenoxy) is 4. The highest BCUT2D eigenvalue weighted by atomic mass is 16.7. The Hall–Kier alpha value is -1.56. The Balaban J connectivity index is 2.29. The van der Waals surface area contributed by atoms with Gasteiger partial charge in [-0.15, -0.1) is 0 Å². The Kier molecular flexibility index (Phi) is 37.2. The Morgan fingerprint density at radius 3 is 1.36 bits per heavy atom. The number of aliphatic hydroxyl groups is 4. The van der Waals surface area contributed by atoms with E-state index in [4.69, 9.17) is 18.9 Å². The first-order valence-electron chi connectivity index (χ1n) is 24.3. The van der Waals surface area contributed by atoms with Crippen LogP contribution in [0.3, 0.4) is 0 Å². The Morgan fingerprint density at radius 1 is 0.517 bits per heavy atom. The van der Waals surface area contributed by atoms with Crippen LogP contribution in [-0.4, -0.2) is 89.0 Å². The molecule has 1 heterocycles. The molecular weight excluding hydrogens is 737 g/mol. The number of allylic oxidation sites excluding steroid dienone is 2. The lowest BCUT2D eigenvalue weighted by Gasteiger charge is -2.39. The minimum absolute atomic E-state index is 0.220. The molecule has 1 rings (SSSR count). The second kappa shape index (κ2) is 39.6. The van der Waals surface area contributed by atoms with E-state index in [9.17, 15) is 30.0 Å². The van der Waals surface area contributed by atoms with Gasteiger partial charge in [0, 0.05) is 12.8 Å². The average Bonchev–Trinajstić information content (AvgIpc) is 3.22. The van der Waals surface area contributed by atoms with Gasteiger partial charge in [-0.25, -0.2) is 0 Å². The molecule has 0 amide bonds. The third-order valence-electron chi connectivity index (χ3n) is 11.4. The van der Waals surface area contributed by atoms with Crippen molar-refractivity contribution >= 4 is 11.9 Å². The van der Waals surface area contributed by atoms with Crippen LogP contribution in [0.25, 0.3) is 0 Å². The monoisotopic (exact) mass is 827 g/mol. The fourth-order valence-corrected chi connectivity index (χ4v) is 7.54. The van der Waals surface area contributed by atoms with E-state index in [0.717, 1.165) is 44.9 Å². The summed E-state index contributed by atoms with van der Waals surface area (Å²) in [5.41, 5.74) is 0. The van der Waals surface area contributed by atoms with Crippen molar-refractivity contribution in [3.05, 3.63) is 12.2 Å². The number of unbranched alkanes of at least 4 members (excludes halogenated alkanes) is 28. The van der Waals surface area contributed by atoms with Gasteiger partial charge in [0.15, 0.2) is 12.4 Å². The summed E-state index contributed by atoms with van der Waals surface area (Å²) >= 11 is 0. The molecule has 58 heavy (non-hydrogen) atoms. The van der Waals surface area contributed by atoms with E-state index < -0.39 is 49.4 Å². The van der Waals surface area contributed by atoms with Crippen LogP contribution in [0.15, 0.2) is 12.2 Å². The maximum Gasteiger partial charge on any atom is 0.306 e. The summed E-state index contributed by atoms with van der Waals surface area (Å²) in [5.74, 6) is -0.812. The van der Waals surface area contributed by atoms with Crippen LogP contribution in [-0.2, 0) is 28.5 Å². The quantitative estimate of drug-likeness (QED) is 0.0266. The van der Waals surface area contributed by atoms with Crippen LogP contribution >= 0.6 is 0 Å². The molecule has 4 N–H and O–H groups in total. The highest BCUT2D eigenvalue weighted by molar-refractivity contribution is 5.70. The number of aliphatic hydroxyl groups excluding tert-OH is 4. The zero-order chi connectivity index (χ0) is 42.3. The van der Waals surface area contributed by atoms with Crippen molar-refractivity contribution in [1.29, 1.82) is 0 Å². The van der Waals surface area contributed by atoms with Gasteiger partial charge < -0.3 is 39.4 Å². The van der Waals surface area contributed by atoms with Crippen molar-refractivity contribution in [3.8, 4) is 0 Å². The molecule has 10 nitrogen and oxygen atoms in total. The van der Waals surface area contributed by atoms with Crippen LogP contribution in [0, 0.1) is 0 Å². The van der Waals surface area contributed by atoms with Crippen molar-refractivity contribution in [1.82, 2.24) is 0 Å². The first-order chi connectivity index (χ1) is 28.3. The van der Waals surface area contributed by atoms with E-state index in [1.807, 2.05) is 0 Å². The number of hydrogen-bond donors (Lipinski definition) is 4. The number of rotatable bonds is 41. The summed E-state index contributed by atoms with van der Waals surface area (Å²) in [4.78, 5) is 25.4. The summed E-state index contributed by atoms with van der Waals surface area (Å²) in [7, 11) is 0. The highest BCUT2D eigenvalue weighted by Crippen LogP contribution is 2.23. The third-order valence-corrected chi connectivity index (χ3v) is 11.4. The molecule has 0 spiro atoms. The average molecular weight is 827 g/mol. The van der Waals surface area contributed by atoms with Crippen molar-refractivity contribution < 1.29 is 49.0 Å². The van der Waals surface area contributed by atoms with Gasteiger partial charge in [-0.05, 0) is 38.5 Å². The van der Waals surface area contributed by atoms with Crippen LogP contribution < -0.4 is 0 Å². The number of esters is 2. The molecule has 0 aliphatic carbocycles. The van der Waals surface area contributed by atoms with Crippen LogP contribution in [0.5, 0.6) is 0 Å². The number of carbonyl (C=O) groups is 2. The maximum absolute atomic E-state index is 12.8. The predicted molar refractivity (Wildman–Crippen MR) is 233 cm³/mol. The predicted octanol–water partition coefficient (Wildman–Crippen LogP) is 10.7. The van der Waals surface area contributed by atoms with Crippen molar-refractivity contribution in [2.45, 2.75) is 263 Å². The standard InChI is InChI=1S/C48H90O10/c1-3-5-7-9-11-13-15-17-19-20-21-23-25-27-29-31-33-35-37-44(51)57-41(40-56-48-47(54)46(53)45(52)42(38-49)58-48)39-55-43(50)36-34-32-30-28-26-24-22-18-16-14-12-10-8-6-4-2/h24,26,41-42,45-49,52-54H,3-23,25,27-40H2,1-2H3/b26-24+/t41-,42-,45+,46?,47?,48-/m1/s1. The number of hydrogen-bond acceptors (Lipinski definition) is 10. The molecule has 10 heteroatoms. The minimum Gasteiger partial charge on any atom is -0.462 e.